The Morgan fingerprint density at radius 1 is 0.846 bits per heavy atom. The van der Waals surface area contributed by atoms with Crippen LogP contribution in [0, 0.1) is 0 Å². The number of hydrogen-bond donors (Lipinski definition) is 1. The van der Waals surface area contributed by atoms with Gasteiger partial charge in [-0.05, 0) is 47.2 Å². The number of rotatable bonds is 3. The van der Waals surface area contributed by atoms with Crippen LogP contribution in [-0.2, 0) is 12.8 Å². The van der Waals surface area contributed by atoms with Crippen LogP contribution in [0.4, 0.5) is 0 Å². The van der Waals surface area contributed by atoms with E-state index in [4.69, 9.17) is 9.47 Å². The van der Waals surface area contributed by atoms with Gasteiger partial charge in [0.15, 0.2) is 11.5 Å². The molecule has 0 aliphatic carbocycles. The summed E-state index contributed by atoms with van der Waals surface area (Å²) in [6.45, 7) is 0.317. The third-order valence-electron chi connectivity index (χ3n) is 5.32. The van der Waals surface area contributed by atoms with E-state index in [0.717, 1.165) is 24.3 Å². The average Bonchev–Trinajstić information content (AvgIpc) is 3.15. The van der Waals surface area contributed by atoms with Gasteiger partial charge in [0.2, 0.25) is 6.79 Å². The molecule has 3 aromatic carbocycles. The summed E-state index contributed by atoms with van der Waals surface area (Å²) in [6.07, 6.45) is 1.91. The van der Waals surface area contributed by atoms with Crippen molar-refractivity contribution in [1.29, 1.82) is 0 Å². The predicted octanol–water partition coefficient (Wildman–Crippen LogP) is 4.59. The van der Waals surface area contributed by atoms with E-state index in [1.807, 2.05) is 0 Å². The van der Waals surface area contributed by atoms with E-state index in [1.54, 1.807) is 0 Å². The third-order valence-corrected chi connectivity index (χ3v) is 5.32. The second-order valence-electron chi connectivity index (χ2n) is 6.98. The number of benzene rings is 3. The summed E-state index contributed by atoms with van der Waals surface area (Å²) in [4.78, 5) is 0. The molecule has 0 amide bonds. The molecule has 0 unspecified atom stereocenters. The number of ether oxygens (including phenoxy) is 2. The molecule has 2 heterocycles. The summed E-state index contributed by atoms with van der Waals surface area (Å²) < 4.78 is 11.2. The molecule has 2 aliphatic heterocycles. The van der Waals surface area contributed by atoms with E-state index in [9.17, 15) is 0 Å². The minimum atomic E-state index is 0.251. The van der Waals surface area contributed by atoms with Crippen molar-refractivity contribution in [2.45, 2.75) is 24.9 Å². The first-order valence-electron chi connectivity index (χ1n) is 9.14. The molecule has 0 bridgehead atoms. The van der Waals surface area contributed by atoms with Crippen molar-refractivity contribution in [3.8, 4) is 11.5 Å². The fourth-order valence-electron chi connectivity index (χ4n) is 4.03. The molecule has 0 aromatic heterocycles. The minimum absolute atomic E-state index is 0.251. The molecule has 0 fully saturated rings. The Labute approximate surface area is 153 Å². The quantitative estimate of drug-likeness (QED) is 0.755. The van der Waals surface area contributed by atoms with Crippen molar-refractivity contribution < 1.29 is 9.47 Å². The second-order valence-corrected chi connectivity index (χ2v) is 6.98. The van der Waals surface area contributed by atoms with Gasteiger partial charge in [0.1, 0.15) is 0 Å². The normalized spacial score (nSPS) is 20.6. The maximum atomic E-state index is 5.62. The average molecular weight is 343 g/mol. The summed E-state index contributed by atoms with van der Waals surface area (Å²) >= 11 is 0. The Hall–Kier alpha value is -2.78. The van der Waals surface area contributed by atoms with Gasteiger partial charge in [0, 0.05) is 12.1 Å². The molecule has 3 heteroatoms. The lowest BCUT2D eigenvalue weighted by Gasteiger charge is -2.34. The van der Waals surface area contributed by atoms with Crippen LogP contribution in [-0.4, -0.2) is 6.79 Å². The molecular weight excluding hydrogens is 322 g/mol. The molecule has 0 radical (unpaired) electrons. The Morgan fingerprint density at radius 2 is 1.54 bits per heavy atom. The topological polar surface area (TPSA) is 30.5 Å². The predicted molar refractivity (Wildman–Crippen MR) is 101 cm³/mol. The first-order valence-corrected chi connectivity index (χ1v) is 9.14. The lowest BCUT2D eigenvalue weighted by molar-refractivity contribution is 0.174. The largest absolute Gasteiger partial charge is 0.454 e. The first kappa shape index (κ1) is 15.5. The highest BCUT2D eigenvalue weighted by atomic mass is 16.7. The maximum Gasteiger partial charge on any atom is 0.231 e. The summed E-state index contributed by atoms with van der Waals surface area (Å²) in [5.74, 6) is 1.73. The Balaban J connectivity index is 1.54. The number of hydrogen-bond acceptors (Lipinski definition) is 3. The van der Waals surface area contributed by atoms with E-state index >= 15 is 0 Å². The van der Waals surface area contributed by atoms with Crippen LogP contribution in [0.3, 0.4) is 0 Å². The van der Waals surface area contributed by atoms with Gasteiger partial charge >= 0.3 is 0 Å². The molecule has 130 valence electrons. The SMILES string of the molecule is c1ccc(C[C@@H]2N[C@H](c3ccccc3)Cc3cc4c(cc32)OCO4)cc1. The monoisotopic (exact) mass is 343 g/mol. The van der Waals surface area contributed by atoms with Crippen molar-refractivity contribution in [2.24, 2.45) is 0 Å². The molecule has 26 heavy (non-hydrogen) atoms. The molecule has 2 atom stereocenters. The van der Waals surface area contributed by atoms with Gasteiger partial charge in [-0.15, -0.1) is 0 Å². The fourth-order valence-corrected chi connectivity index (χ4v) is 4.03. The van der Waals surface area contributed by atoms with E-state index in [0.29, 0.717) is 12.8 Å². The molecule has 0 spiro atoms. The van der Waals surface area contributed by atoms with Crippen LogP contribution in [0.1, 0.15) is 34.3 Å². The minimum Gasteiger partial charge on any atom is -0.454 e. The molecule has 3 aromatic rings. The summed E-state index contributed by atoms with van der Waals surface area (Å²) in [6, 6.07) is 26.3. The summed E-state index contributed by atoms with van der Waals surface area (Å²) in [5, 5.41) is 3.87. The van der Waals surface area contributed by atoms with Gasteiger partial charge < -0.3 is 14.8 Å². The van der Waals surface area contributed by atoms with Crippen molar-refractivity contribution in [3.63, 3.8) is 0 Å². The van der Waals surface area contributed by atoms with Crippen LogP contribution in [0.2, 0.25) is 0 Å². The Morgan fingerprint density at radius 3 is 2.31 bits per heavy atom. The summed E-state index contributed by atoms with van der Waals surface area (Å²) in [7, 11) is 0. The molecule has 2 aliphatic rings. The highest BCUT2D eigenvalue weighted by Gasteiger charge is 2.30. The van der Waals surface area contributed by atoms with Crippen LogP contribution in [0.5, 0.6) is 11.5 Å². The van der Waals surface area contributed by atoms with Crippen LogP contribution in [0.15, 0.2) is 72.8 Å². The van der Waals surface area contributed by atoms with Crippen molar-refractivity contribution in [2.75, 3.05) is 6.79 Å². The number of fused-ring (bicyclic) bond motifs is 2. The van der Waals surface area contributed by atoms with Gasteiger partial charge in [-0.25, -0.2) is 0 Å². The van der Waals surface area contributed by atoms with Crippen molar-refractivity contribution >= 4 is 0 Å². The van der Waals surface area contributed by atoms with Crippen LogP contribution >= 0.6 is 0 Å². The molecule has 5 rings (SSSR count). The smallest absolute Gasteiger partial charge is 0.231 e. The van der Waals surface area contributed by atoms with Crippen LogP contribution < -0.4 is 14.8 Å². The lowest BCUT2D eigenvalue weighted by Crippen LogP contribution is -2.34. The van der Waals surface area contributed by atoms with Gasteiger partial charge in [-0.1, -0.05) is 60.7 Å². The van der Waals surface area contributed by atoms with E-state index in [-0.39, 0.29) is 6.04 Å². The van der Waals surface area contributed by atoms with E-state index in [2.05, 4.69) is 78.1 Å². The Bertz CT molecular complexity index is 908. The standard InChI is InChI=1S/C23H21NO2/c1-3-7-16(8-4-1)11-21-19-14-23-22(25-15-26-23)13-18(19)12-20(24-21)17-9-5-2-6-10-17/h1-10,13-14,20-21,24H,11-12,15H2/t20-,21-/m0/s1. The zero-order chi connectivity index (χ0) is 17.3. The number of nitrogens with one attached hydrogen (secondary N) is 1. The summed E-state index contributed by atoms with van der Waals surface area (Å²) in [5.41, 5.74) is 5.34. The zero-order valence-electron chi connectivity index (χ0n) is 14.5. The van der Waals surface area contributed by atoms with Crippen molar-refractivity contribution in [3.05, 3.63) is 95.1 Å². The molecule has 0 saturated carbocycles. The Kier molecular flexibility index (Phi) is 3.87. The highest BCUT2D eigenvalue weighted by molar-refractivity contribution is 5.51. The van der Waals surface area contributed by atoms with Gasteiger partial charge in [0.25, 0.3) is 0 Å². The third kappa shape index (κ3) is 2.85. The van der Waals surface area contributed by atoms with Crippen LogP contribution in [0.25, 0.3) is 0 Å². The van der Waals surface area contributed by atoms with Gasteiger partial charge in [-0.3, -0.25) is 0 Å². The maximum absolute atomic E-state index is 5.62. The van der Waals surface area contributed by atoms with E-state index in [1.165, 1.54) is 22.3 Å². The molecule has 3 nitrogen and oxygen atoms in total. The zero-order valence-corrected chi connectivity index (χ0v) is 14.5. The molecule has 0 saturated heterocycles. The second kappa shape index (κ2) is 6.50. The fraction of sp³-hybridized carbons (Fsp3) is 0.217. The van der Waals surface area contributed by atoms with Crippen molar-refractivity contribution in [1.82, 2.24) is 5.32 Å². The molecular formula is C23H21NO2. The van der Waals surface area contributed by atoms with Gasteiger partial charge in [0.05, 0.1) is 0 Å². The highest BCUT2D eigenvalue weighted by Crippen LogP contribution is 2.42. The first-order chi connectivity index (χ1) is 12.9. The lowest BCUT2D eigenvalue weighted by atomic mass is 9.84. The molecule has 1 N–H and O–H groups in total. The van der Waals surface area contributed by atoms with Gasteiger partial charge in [-0.2, -0.15) is 0 Å². The van der Waals surface area contributed by atoms with E-state index < -0.39 is 0 Å².